The zero-order chi connectivity index (χ0) is 22.9. The third kappa shape index (κ3) is 4.32. The summed E-state index contributed by atoms with van der Waals surface area (Å²) in [5.41, 5.74) is 4.70. The lowest BCUT2D eigenvalue weighted by Crippen LogP contribution is -2.38. The van der Waals surface area contributed by atoms with Crippen LogP contribution in [0.25, 0.3) is 11.1 Å². The van der Waals surface area contributed by atoms with Crippen molar-refractivity contribution in [3.05, 3.63) is 59.7 Å². The summed E-state index contributed by atoms with van der Waals surface area (Å²) in [6.45, 7) is 1.28. The summed E-state index contributed by atoms with van der Waals surface area (Å²) in [6, 6.07) is 16.2. The van der Waals surface area contributed by atoms with Crippen LogP contribution in [-0.4, -0.2) is 53.7 Å². The third-order valence-corrected chi connectivity index (χ3v) is 7.16. The molecule has 7 heteroatoms. The number of ether oxygens (including phenoxy) is 1. The monoisotopic (exact) mass is 448 g/mol. The molecule has 3 atom stereocenters. The molecule has 0 bridgehead atoms. The smallest absolute Gasteiger partial charge is 0.407 e. The molecule has 2 aromatic rings. The molecule has 172 valence electrons. The van der Waals surface area contributed by atoms with Gasteiger partial charge in [-0.3, -0.25) is 9.59 Å². The van der Waals surface area contributed by atoms with Crippen LogP contribution in [0, 0.1) is 11.8 Å². The molecule has 5 rings (SSSR count). The van der Waals surface area contributed by atoms with E-state index in [4.69, 9.17) is 9.84 Å². The molecule has 1 aliphatic heterocycles. The Labute approximate surface area is 192 Å². The minimum Gasteiger partial charge on any atom is -0.481 e. The molecule has 3 aliphatic rings. The highest BCUT2D eigenvalue weighted by Crippen LogP contribution is 2.44. The fraction of sp³-hybridized carbons (Fsp3) is 0.423. The van der Waals surface area contributed by atoms with Crippen molar-refractivity contribution in [2.24, 2.45) is 11.8 Å². The number of fused-ring (bicyclic) bond motifs is 3. The van der Waals surface area contributed by atoms with E-state index in [1.165, 1.54) is 22.3 Å². The number of benzene rings is 2. The number of alkyl carbamates (subject to hydrolysis) is 1. The molecule has 0 aromatic heterocycles. The standard InChI is InChI=1S/C26H28N2O5/c29-24(30)13-17-6-5-11-28(17)25(31)22-12-16(22)14-27-26(32)33-15-23-20-9-3-1-7-18(20)19-8-2-4-10-21(19)23/h1-4,7-10,16-17,22-23H,5-6,11-15H2,(H,27,32)(H,29,30)/t16-,17+,22-/m0/s1. The molecular formula is C26H28N2O5. The summed E-state index contributed by atoms with van der Waals surface area (Å²) in [5.74, 6) is -0.876. The number of nitrogens with zero attached hydrogens (tertiary/aromatic N) is 1. The van der Waals surface area contributed by atoms with Gasteiger partial charge in [0.2, 0.25) is 5.91 Å². The second kappa shape index (κ2) is 8.89. The number of hydrogen-bond acceptors (Lipinski definition) is 4. The van der Waals surface area contributed by atoms with E-state index >= 15 is 0 Å². The molecule has 0 unspecified atom stereocenters. The lowest BCUT2D eigenvalue weighted by Gasteiger charge is -2.23. The highest BCUT2D eigenvalue weighted by molar-refractivity contribution is 5.83. The number of amides is 2. The predicted molar refractivity (Wildman–Crippen MR) is 122 cm³/mol. The van der Waals surface area contributed by atoms with Crippen molar-refractivity contribution in [2.45, 2.75) is 37.6 Å². The number of likely N-dealkylation sites (tertiary alicyclic amines) is 1. The van der Waals surface area contributed by atoms with E-state index in [1.807, 2.05) is 24.3 Å². The summed E-state index contributed by atoms with van der Waals surface area (Å²) in [5, 5.41) is 11.9. The van der Waals surface area contributed by atoms with Crippen LogP contribution in [0.3, 0.4) is 0 Å². The Morgan fingerprint density at radius 1 is 1.03 bits per heavy atom. The summed E-state index contributed by atoms with van der Waals surface area (Å²) in [7, 11) is 0. The van der Waals surface area contributed by atoms with Crippen molar-refractivity contribution in [3.63, 3.8) is 0 Å². The van der Waals surface area contributed by atoms with Crippen molar-refractivity contribution >= 4 is 18.0 Å². The van der Waals surface area contributed by atoms with E-state index in [2.05, 4.69) is 29.6 Å². The van der Waals surface area contributed by atoms with Gasteiger partial charge in [-0.25, -0.2) is 4.79 Å². The van der Waals surface area contributed by atoms with E-state index < -0.39 is 12.1 Å². The van der Waals surface area contributed by atoms with Gasteiger partial charge in [0.25, 0.3) is 0 Å². The first-order chi connectivity index (χ1) is 16.0. The van der Waals surface area contributed by atoms with E-state index in [0.717, 1.165) is 19.3 Å². The fourth-order valence-electron chi connectivity index (χ4n) is 5.39. The molecular weight excluding hydrogens is 420 g/mol. The molecule has 7 nitrogen and oxygen atoms in total. The molecule has 2 aromatic carbocycles. The Kier molecular flexibility index (Phi) is 5.79. The SMILES string of the molecule is O=C(O)C[C@H]1CCCN1C(=O)[C@H]1C[C@H]1CNC(=O)OCC1c2ccccc2-c2ccccc21. The van der Waals surface area contributed by atoms with Gasteiger partial charge in [0.15, 0.2) is 0 Å². The molecule has 0 radical (unpaired) electrons. The minimum atomic E-state index is -0.871. The Balaban J connectivity index is 1.11. The number of carbonyl (C=O) groups excluding carboxylic acids is 2. The quantitative estimate of drug-likeness (QED) is 0.674. The largest absolute Gasteiger partial charge is 0.481 e. The summed E-state index contributed by atoms with van der Waals surface area (Å²) < 4.78 is 5.56. The van der Waals surface area contributed by atoms with Crippen LogP contribution in [0.1, 0.15) is 42.7 Å². The number of carboxylic acids is 1. The Morgan fingerprint density at radius 2 is 1.70 bits per heavy atom. The van der Waals surface area contributed by atoms with Gasteiger partial charge in [0.05, 0.1) is 6.42 Å². The Bertz CT molecular complexity index is 1040. The van der Waals surface area contributed by atoms with Gasteiger partial charge in [-0.2, -0.15) is 0 Å². The van der Waals surface area contributed by atoms with Crippen LogP contribution in [0.15, 0.2) is 48.5 Å². The molecule has 2 aliphatic carbocycles. The zero-order valence-corrected chi connectivity index (χ0v) is 18.4. The fourth-order valence-corrected chi connectivity index (χ4v) is 5.39. The molecule has 33 heavy (non-hydrogen) atoms. The van der Waals surface area contributed by atoms with Gasteiger partial charge in [-0.1, -0.05) is 48.5 Å². The van der Waals surface area contributed by atoms with Crippen LogP contribution in [0.5, 0.6) is 0 Å². The number of aliphatic carboxylic acids is 1. The van der Waals surface area contributed by atoms with Gasteiger partial charge in [0, 0.05) is 31.0 Å². The number of carbonyl (C=O) groups is 3. The van der Waals surface area contributed by atoms with Crippen molar-refractivity contribution in [2.75, 3.05) is 19.7 Å². The van der Waals surface area contributed by atoms with Crippen LogP contribution in [-0.2, 0) is 14.3 Å². The molecule has 2 amide bonds. The molecule has 1 saturated heterocycles. The number of nitrogens with one attached hydrogen (secondary N) is 1. The summed E-state index contributed by atoms with van der Waals surface area (Å²) >= 11 is 0. The normalized spacial score (nSPS) is 23.0. The molecule has 2 N–H and O–H groups in total. The molecule has 1 heterocycles. The summed E-state index contributed by atoms with van der Waals surface area (Å²) in [6.07, 6.45) is 1.84. The van der Waals surface area contributed by atoms with E-state index in [0.29, 0.717) is 13.1 Å². The summed E-state index contributed by atoms with van der Waals surface area (Å²) in [4.78, 5) is 37.9. The lowest BCUT2D eigenvalue weighted by atomic mass is 9.98. The van der Waals surface area contributed by atoms with Gasteiger partial charge in [-0.15, -0.1) is 0 Å². The Hall–Kier alpha value is -3.35. The Morgan fingerprint density at radius 3 is 2.36 bits per heavy atom. The van der Waals surface area contributed by atoms with Crippen LogP contribution < -0.4 is 5.32 Å². The number of rotatable bonds is 7. The topological polar surface area (TPSA) is 95.9 Å². The molecule has 2 fully saturated rings. The van der Waals surface area contributed by atoms with E-state index in [1.54, 1.807) is 4.90 Å². The third-order valence-electron chi connectivity index (χ3n) is 7.16. The maximum absolute atomic E-state index is 12.8. The van der Waals surface area contributed by atoms with Crippen molar-refractivity contribution < 1.29 is 24.2 Å². The van der Waals surface area contributed by atoms with Crippen LogP contribution in [0.4, 0.5) is 4.79 Å². The van der Waals surface area contributed by atoms with E-state index in [9.17, 15) is 14.4 Å². The van der Waals surface area contributed by atoms with E-state index in [-0.39, 0.29) is 42.7 Å². The maximum atomic E-state index is 12.8. The first-order valence-electron chi connectivity index (χ1n) is 11.6. The second-order valence-corrected chi connectivity index (χ2v) is 9.23. The average molecular weight is 449 g/mol. The van der Waals surface area contributed by atoms with Gasteiger partial charge in [0.1, 0.15) is 6.61 Å². The van der Waals surface area contributed by atoms with Gasteiger partial charge in [-0.05, 0) is 47.4 Å². The van der Waals surface area contributed by atoms with Crippen molar-refractivity contribution in [1.82, 2.24) is 10.2 Å². The maximum Gasteiger partial charge on any atom is 0.407 e. The van der Waals surface area contributed by atoms with Gasteiger partial charge < -0.3 is 20.1 Å². The van der Waals surface area contributed by atoms with Crippen LogP contribution >= 0.6 is 0 Å². The van der Waals surface area contributed by atoms with Gasteiger partial charge >= 0.3 is 12.1 Å². The number of hydrogen-bond donors (Lipinski definition) is 2. The van der Waals surface area contributed by atoms with Crippen molar-refractivity contribution in [3.8, 4) is 11.1 Å². The zero-order valence-electron chi connectivity index (χ0n) is 18.4. The molecule has 0 spiro atoms. The first kappa shape index (κ1) is 21.5. The second-order valence-electron chi connectivity index (χ2n) is 9.23. The predicted octanol–water partition coefficient (Wildman–Crippen LogP) is 3.63. The highest BCUT2D eigenvalue weighted by Gasteiger charge is 2.47. The van der Waals surface area contributed by atoms with Crippen molar-refractivity contribution in [1.29, 1.82) is 0 Å². The highest BCUT2D eigenvalue weighted by atomic mass is 16.5. The van der Waals surface area contributed by atoms with Crippen LogP contribution in [0.2, 0.25) is 0 Å². The number of carboxylic acid groups (broad SMARTS) is 1. The minimum absolute atomic E-state index is 0.00112. The first-order valence-corrected chi connectivity index (χ1v) is 11.6. The molecule has 1 saturated carbocycles. The average Bonchev–Trinajstić information content (AvgIpc) is 3.33. The lowest BCUT2D eigenvalue weighted by molar-refractivity contribution is -0.140.